The first-order chi connectivity index (χ1) is 13.1. The highest BCUT2D eigenvalue weighted by Gasteiger charge is 2.30. The Labute approximate surface area is 157 Å². The van der Waals surface area contributed by atoms with E-state index in [9.17, 15) is 14.3 Å². The van der Waals surface area contributed by atoms with Crippen LogP contribution in [0.1, 0.15) is 28.8 Å². The van der Waals surface area contributed by atoms with E-state index in [4.69, 9.17) is 0 Å². The van der Waals surface area contributed by atoms with Crippen molar-refractivity contribution in [2.45, 2.75) is 25.8 Å². The number of aromatic nitrogens is 1. The minimum Gasteiger partial charge on any atom is -0.394 e. The molecule has 1 aromatic heterocycles. The Kier molecular flexibility index (Phi) is 4.62. The molecule has 1 atom stereocenters. The van der Waals surface area contributed by atoms with Crippen LogP contribution >= 0.6 is 0 Å². The van der Waals surface area contributed by atoms with Crippen LogP contribution in [0.25, 0.3) is 22.2 Å². The number of likely N-dealkylation sites (tertiary alicyclic amines) is 1. The van der Waals surface area contributed by atoms with Gasteiger partial charge in [0.25, 0.3) is 5.91 Å². The number of aliphatic hydroxyl groups excluding tert-OH is 1. The number of pyridine rings is 1. The van der Waals surface area contributed by atoms with Gasteiger partial charge in [0.2, 0.25) is 0 Å². The first-order valence-electron chi connectivity index (χ1n) is 9.16. The molecule has 0 unspecified atom stereocenters. The molecule has 0 radical (unpaired) electrons. The lowest BCUT2D eigenvalue weighted by Crippen LogP contribution is -2.37. The van der Waals surface area contributed by atoms with Crippen LogP contribution in [-0.2, 0) is 0 Å². The minimum absolute atomic E-state index is 0.0474. The quantitative estimate of drug-likeness (QED) is 0.766. The van der Waals surface area contributed by atoms with Gasteiger partial charge in [-0.1, -0.05) is 24.3 Å². The molecule has 1 aliphatic rings. The van der Waals surface area contributed by atoms with Crippen LogP contribution in [0.4, 0.5) is 4.39 Å². The van der Waals surface area contributed by atoms with E-state index in [1.165, 1.54) is 6.07 Å². The lowest BCUT2D eigenvalue weighted by molar-refractivity contribution is 0.0679. The number of fused-ring (bicyclic) bond motifs is 1. The van der Waals surface area contributed by atoms with Crippen LogP contribution in [0, 0.1) is 12.7 Å². The van der Waals surface area contributed by atoms with Crippen LogP contribution in [0.3, 0.4) is 0 Å². The van der Waals surface area contributed by atoms with Crippen molar-refractivity contribution in [3.05, 3.63) is 65.5 Å². The average Bonchev–Trinajstić information content (AvgIpc) is 3.15. The molecular weight excluding hydrogens is 343 g/mol. The molecule has 0 bridgehead atoms. The van der Waals surface area contributed by atoms with Crippen LogP contribution in [-0.4, -0.2) is 40.1 Å². The van der Waals surface area contributed by atoms with Gasteiger partial charge in [0.1, 0.15) is 5.82 Å². The zero-order valence-electron chi connectivity index (χ0n) is 15.2. The Morgan fingerprint density at radius 2 is 2.07 bits per heavy atom. The summed E-state index contributed by atoms with van der Waals surface area (Å²) in [7, 11) is 0. The predicted octanol–water partition coefficient (Wildman–Crippen LogP) is 3.95. The topological polar surface area (TPSA) is 53.4 Å². The Morgan fingerprint density at radius 3 is 2.85 bits per heavy atom. The maximum Gasteiger partial charge on any atom is 0.254 e. The Morgan fingerprint density at radius 1 is 1.26 bits per heavy atom. The summed E-state index contributed by atoms with van der Waals surface area (Å²) in [4.78, 5) is 19.6. The molecule has 1 amide bonds. The van der Waals surface area contributed by atoms with Gasteiger partial charge in [-0.15, -0.1) is 0 Å². The van der Waals surface area contributed by atoms with Crippen LogP contribution in [0.5, 0.6) is 0 Å². The Bertz CT molecular complexity index is 1020. The molecule has 2 aromatic carbocycles. The molecule has 0 spiro atoms. The standard InChI is InChI=1S/C22H21FN2O2/c1-14-8-9-17(19(23)11-14)21-12-18(16-6-2-3-7-20(16)24-21)22(27)25-10-4-5-15(25)13-26/h2-3,6-9,11-12,15,26H,4-5,10,13H2,1H3/t15-/m0/s1. The number of halogens is 1. The third-order valence-electron chi connectivity index (χ3n) is 5.20. The number of hydrogen-bond acceptors (Lipinski definition) is 3. The molecule has 4 nitrogen and oxygen atoms in total. The number of carbonyl (C=O) groups is 1. The lowest BCUT2D eigenvalue weighted by Gasteiger charge is -2.24. The van der Waals surface area contributed by atoms with E-state index >= 15 is 0 Å². The average molecular weight is 364 g/mol. The van der Waals surface area contributed by atoms with Gasteiger partial charge in [-0.05, 0) is 49.6 Å². The molecule has 0 aliphatic carbocycles. The number of aryl methyl sites for hydroxylation is 1. The molecule has 1 fully saturated rings. The van der Waals surface area contributed by atoms with Crippen LogP contribution < -0.4 is 0 Å². The lowest BCUT2D eigenvalue weighted by atomic mass is 10.0. The van der Waals surface area contributed by atoms with Crippen molar-refractivity contribution in [2.75, 3.05) is 13.2 Å². The zero-order chi connectivity index (χ0) is 19.0. The third-order valence-corrected chi connectivity index (χ3v) is 5.20. The second-order valence-corrected chi connectivity index (χ2v) is 7.03. The van der Waals surface area contributed by atoms with Crippen molar-refractivity contribution < 1.29 is 14.3 Å². The second kappa shape index (κ2) is 7.08. The van der Waals surface area contributed by atoms with Gasteiger partial charge in [0.15, 0.2) is 0 Å². The Hall–Kier alpha value is -2.79. The van der Waals surface area contributed by atoms with Gasteiger partial charge >= 0.3 is 0 Å². The van der Waals surface area contributed by atoms with Crippen molar-refractivity contribution in [2.24, 2.45) is 0 Å². The molecule has 1 saturated heterocycles. The van der Waals surface area contributed by atoms with Gasteiger partial charge in [-0.25, -0.2) is 9.37 Å². The van der Waals surface area contributed by atoms with E-state index in [-0.39, 0.29) is 24.4 Å². The molecular formula is C22H21FN2O2. The summed E-state index contributed by atoms with van der Waals surface area (Å²) in [5.41, 5.74) is 2.79. The number of rotatable bonds is 3. The first-order valence-corrected chi connectivity index (χ1v) is 9.16. The van der Waals surface area contributed by atoms with Gasteiger partial charge in [-0.2, -0.15) is 0 Å². The SMILES string of the molecule is Cc1ccc(-c2cc(C(=O)N3CCC[C@H]3CO)c3ccccc3n2)c(F)c1. The highest BCUT2D eigenvalue weighted by Crippen LogP contribution is 2.29. The molecule has 0 saturated carbocycles. The summed E-state index contributed by atoms with van der Waals surface area (Å²) in [6.07, 6.45) is 1.67. The van der Waals surface area contributed by atoms with E-state index < -0.39 is 0 Å². The number of nitrogens with zero attached hydrogens (tertiary/aromatic N) is 2. The van der Waals surface area contributed by atoms with E-state index in [2.05, 4.69) is 4.98 Å². The summed E-state index contributed by atoms with van der Waals surface area (Å²) in [5.74, 6) is -0.496. The highest BCUT2D eigenvalue weighted by atomic mass is 19.1. The Balaban J connectivity index is 1.87. The molecule has 1 aliphatic heterocycles. The molecule has 138 valence electrons. The summed E-state index contributed by atoms with van der Waals surface area (Å²) < 4.78 is 14.5. The van der Waals surface area contributed by atoms with Gasteiger partial charge in [-0.3, -0.25) is 4.79 Å². The van der Waals surface area contributed by atoms with E-state index in [0.717, 1.165) is 23.8 Å². The molecule has 4 rings (SSSR count). The summed E-state index contributed by atoms with van der Waals surface area (Å²) in [6, 6.07) is 13.9. The fourth-order valence-electron chi connectivity index (χ4n) is 3.77. The molecule has 27 heavy (non-hydrogen) atoms. The number of benzene rings is 2. The van der Waals surface area contributed by atoms with Gasteiger partial charge in [0, 0.05) is 17.5 Å². The van der Waals surface area contributed by atoms with Crippen LogP contribution in [0.15, 0.2) is 48.5 Å². The van der Waals surface area contributed by atoms with Crippen molar-refractivity contribution in [1.82, 2.24) is 9.88 Å². The number of aliphatic hydroxyl groups is 1. The van der Waals surface area contributed by atoms with Gasteiger partial charge < -0.3 is 10.0 Å². The van der Waals surface area contributed by atoms with Crippen molar-refractivity contribution in [3.63, 3.8) is 0 Å². The second-order valence-electron chi connectivity index (χ2n) is 7.03. The monoisotopic (exact) mass is 364 g/mol. The molecule has 5 heteroatoms. The largest absolute Gasteiger partial charge is 0.394 e. The van der Waals surface area contributed by atoms with E-state index in [1.807, 2.05) is 37.3 Å². The summed E-state index contributed by atoms with van der Waals surface area (Å²) in [5, 5.41) is 10.3. The predicted molar refractivity (Wildman–Crippen MR) is 103 cm³/mol. The van der Waals surface area contributed by atoms with Gasteiger partial charge in [0.05, 0.1) is 29.4 Å². The minimum atomic E-state index is -0.356. The first kappa shape index (κ1) is 17.6. The number of carbonyl (C=O) groups excluding carboxylic acids is 1. The maximum absolute atomic E-state index is 14.5. The van der Waals surface area contributed by atoms with Crippen molar-refractivity contribution in [1.29, 1.82) is 0 Å². The highest BCUT2D eigenvalue weighted by molar-refractivity contribution is 6.07. The van der Waals surface area contributed by atoms with Crippen molar-refractivity contribution >= 4 is 16.8 Å². The smallest absolute Gasteiger partial charge is 0.254 e. The molecule has 1 N–H and O–H groups in total. The number of amides is 1. The maximum atomic E-state index is 14.5. The summed E-state index contributed by atoms with van der Waals surface area (Å²) in [6.45, 7) is 2.40. The number of hydrogen-bond donors (Lipinski definition) is 1. The van der Waals surface area contributed by atoms with E-state index in [1.54, 1.807) is 17.0 Å². The zero-order valence-corrected chi connectivity index (χ0v) is 15.2. The number of para-hydroxylation sites is 1. The molecule has 3 aromatic rings. The third kappa shape index (κ3) is 3.19. The van der Waals surface area contributed by atoms with Crippen LogP contribution in [0.2, 0.25) is 0 Å². The summed E-state index contributed by atoms with van der Waals surface area (Å²) >= 11 is 0. The fraction of sp³-hybridized carbons (Fsp3) is 0.273. The van der Waals surface area contributed by atoms with Crippen molar-refractivity contribution in [3.8, 4) is 11.3 Å². The molecule has 2 heterocycles. The van der Waals surface area contributed by atoms with E-state index in [0.29, 0.717) is 28.9 Å². The normalized spacial score (nSPS) is 16.9. The fourth-order valence-corrected chi connectivity index (χ4v) is 3.77.